The van der Waals surface area contributed by atoms with E-state index < -0.39 is 4.92 Å². The van der Waals surface area contributed by atoms with Crippen molar-refractivity contribution >= 4 is 33.4 Å². The lowest BCUT2D eigenvalue weighted by atomic mass is 10.2. The van der Waals surface area contributed by atoms with Gasteiger partial charge in [0.2, 0.25) is 0 Å². The number of aromatic nitrogens is 2. The van der Waals surface area contributed by atoms with E-state index in [0.29, 0.717) is 10.2 Å². The first-order valence-electron chi connectivity index (χ1n) is 4.99. The van der Waals surface area contributed by atoms with Crippen LogP contribution in [0.4, 0.5) is 5.69 Å². The van der Waals surface area contributed by atoms with Crippen molar-refractivity contribution in [3.63, 3.8) is 0 Å². The second kappa shape index (κ2) is 5.92. The van der Waals surface area contributed by atoms with Gasteiger partial charge in [-0.2, -0.15) is 0 Å². The maximum Gasteiger partial charge on any atom is 0.283 e. The molecule has 0 bridgehead atoms. The minimum absolute atomic E-state index is 0.0762. The molecule has 0 amide bonds. The average molecular weight is 326 g/mol. The maximum absolute atomic E-state index is 10.8. The summed E-state index contributed by atoms with van der Waals surface area (Å²) in [5.41, 5.74) is 0.937. The minimum atomic E-state index is -0.402. The number of hydrogen-bond donors (Lipinski definition) is 0. The van der Waals surface area contributed by atoms with Crippen molar-refractivity contribution < 1.29 is 4.92 Å². The molecule has 0 fully saturated rings. The second-order valence-electron chi connectivity index (χ2n) is 3.34. The van der Waals surface area contributed by atoms with E-state index in [0.717, 1.165) is 10.6 Å². The van der Waals surface area contributed by atoms with Crippen LogP contribution in [0.25, 0.3) is 0 Å². The van der Waals surface area contributed by atoms with Crippen LogP contribution in [0.1, 0.15) is 5.56 Å². The van der Waals surface area contributed by atoms with Crippen LogP contribution < -0.4 is 0 Å². The van der Waals surface area contributed by atoms with Gasteiger partial charge in [-0.15, -0.1) is 11.8 Å². The molecule has 0 unspecified atom stereocenters. The Morgan fingerprint density at radius 3 is 2.89 bits per heavy atom. The SMILES string of the molecule is O=[N+]([O-])c1cccc(CSc2cnccn2)c1Br. The van der Waals surface area contributed by atoms with E-state index in [1.807, 2.05) is 6.07 Å². The molecule has 0 N–H and O–H groups in total. The van der Waals surface area contributed by atoms with Gasteiger partial charge in [-0.3, -0.25) is 15.1 Å². The van der Waals surface area contributed by atoms with Crippen LogP contribution in [0.2, 0.25) is 0 Å². The Morgan fingerprint density at radius 2 is 2.22 bits per heavy atom. The van der Waals surface area contributed by atoms with Gasteiger partial charge in [0.05, 0.1) is 15.6 Å². The van der Waals surface area contributed by atoms with Crippen LogP contribution in [-0.2, 0) is 5.75 Å². The van der Waals surface area contributed by atoms with Crippen LogP contribution in [0.15, 0.2) is 46.3 Å². The summed E-state index contributed by atoms with van der Waals surface area (Å²) in [7, 11) is 0. The van der Waals surface area contributed by atoms with Crippen molar-refractivity contribution in [2.45, 2.75) is 10.8 Å². The van der Waals surface area contributed by atoms with Gasteiger partial charge in [-0.25, -0.2) is 4.98 Å². The van der Waals surface area contributed by atoms with Gasteiger partial charge in [0.1, 0.15) is 5.03 Å². The second-order valence-corrected chi connectivity index (χ2v) is 5.13. The van der Waals surface area contributed by atoms with E-state index >= 15 is 0 Å². The van der Waals surface area contributed by atoms with Crippen molar-refractivity contribution in [3.8, 4) is 0 Å². The summed E-state index contributed by atoms with van der Waals surface area (Å²) in [6, 6.07) is 5.00. The Morgan fingerprint density at radius 1 is 1.39 bits per heavy atom. The van der Waals surface area contributed by atoms with Crippen LogP contribution in [0.3, 0.4) is 0 Å². The molecule has 2 aromatic rings. The van der Waals surface area contributed by atoms with Crippen molar-refractivity contribution in [3.05, 3.63) is 56.9 Å². The highest BCUT2D eigenvalue weighted by molar-refractivity contribution is 9.10. The summed E-state index contributed by atoms with van der Waals surface area (Å²) in [4.78, 5) is 18.5. The number of hydrogen-bond acceptors (Lipinski definition) is 5. The fourth-order valence-corrected chi connectivity index (χ4v) is 2.88. The summed E-state index contributed by atoms with van der Waals surface area (Å²) in [6.45, 7) is 0. The molecule has 1 aromatic carbocycles. The molecule has 1 heterocycles. The average Bonchev–Trinajstić information content (AvgIpc) is 2.38. The fraction of sp³-hybridized carbons (Fsp3) is 0.0909. The largest absolute Gasteiger partial charge is 0.283 e. The van der Waals surface area contributed by atoms with Crippen LogP contribution in [0.5, 0.6) is 0 Å². The normalized spacial score (nSPS) is 10.3. The van der Waals surface area contributed by atoms with Crippen molar-refractivity contribution in [2.24, 2.45) is 0 Å². The Kier molecular flexibility index (Phi) is 4.27. The molecule has 0 radical (unpaired) electrons. The molecule has 0 spiro atoms. The Balaban J connectivity index is 2.15. The lowest BCUT2D eigenvalue weighted by molar-refractivity contribution is -0.385. The lowest BCUT2D eigenvalue weighted by Crippen LogP contribution is -1.93. The van der Waals surface area contributed by atoms with E-state index in [-0.39, 0.29) is 5.69 Å². The predicted molar refractivity (Wildman–Crippen MR) is 72.4 cm³/mol. The van der Waals surface area contributed by atoms with Crippen molar-refractivity contribution in [1.29, 1.82) is 0 Å². The molecule has 0 saturated heterocycles. The fourth-order valence-electron chi connectivity index (χ4n) is 1.33. The first-order valence-corrected chi connectivity index (χ1v) is 6.77. The summed E-state index contributed by atoms with van der Waals surface area (Å²) >= 11 is 4.75. The summed E-state index contributed by atoms with van der Waals surface area (Å²) in [5, 5.41) is 11.6. The lowest BCUT2D eigenvalue weighted by Gasteiger charge is -2.04. The molecule has 0 atom stereocenters. The van der Waals surface area contributed by atoms with E-state index in [4.69, 9.17) is 0 Å². The van der Waals surface area contributed by atoms with Gasteiger partial charge >= 0.3 is 0 Å². The monoisotopic (exact) mass is 325 g/mol. The van der Waals surface area contributed by atoms with E-state index in [1.54, 1.807) is 24.7 Å². The summed E-state index contributed by atoms with van der Waals surface area (Å²) in [5.74, 6) is 0.598. The minimum Gasteiger partial charge on any atom is -0.260 e. The van der Waals surface area contributed by atoms with Gasteiger partial charge in [-0.1, -0.05) is 12.1 Å². The number of nitro benzene ring substituents is 1. The molecule has 18 heavy (non-hydrogen) atoms. The van der Waals surface area contributed by atoms with Crippen molar-refractivity contribution in [2.75, 3.05) is 0 Å². The molecule has 2 rings (SSSR count). The van der Waals surface area contributed by atoms with Crippen LogP contribution >= 0.6 is 27.7 Å². The van der Waals surface area contributed by atoms with Gasteiger partial charge in [0, 0.05) is 24.2 Å². The van der Waals surface area contributed by atoms with Crippen LogP contribution in [-0.4, -0.2) is 14.9 Å². The number of thioether (sulfide) groups is 1. The van der Waals surface area contributed by atoms with E-state index in [2.05, 4.69) is 25.9 Å². The third-order valence-corrected chi connectivity index (χ3v) is 4.05. The van der Waals surface area contributed by atoms with Gasteiger partial charge in [0.15, 0.2) is 0 Å². The molecule has 7 heteroatoms. The predicted octanol–water partition coefficient (Wildman–Crippen LogP) is 3.44. The number of halogens is 1. The highest BCUT2D eigenvalue weighted by Crippen LogP contribution is 2.31. The highest BCUT2D eigenvalue weighted by atomic mass is 79.9. The smallest absolute Gasteiger partial charge is 0.260 e. The molecule has 1 aromatic heterocycles. The zero-order chi connectivity index (χ0) is 13.0. The van der Waals surface area contributed by atoms with Crippen molar-refractivity contribution in [1.82, 2.24) is 9.97 Å². The Labute approximate surface area is 116 Å². The third-order valence-electron chi connectivity index (χ3n) is 2.17. The Bertz CT molecular complexity index is 565. The molecule has 92 valence electrons. The molecule has 0 saturated carbocycles. The topological polar surface area (TPSA) is 68.9 Å². The van der Waals surface area contributed by atoms with Gasteiger partial charge in [0.25, 0.3) is 5.69 Å². The zero-order valence-corrected chi connectivity index (χ0v) is 11.5. The Hall–Kier alpha value is -1.47. The molecule has 0 aliphatic rings. The molecule has 0 aliphatic carbocycles. The zero-order valence-electron chi connectivity index (χ0n) is 9.12. The third kappa shape index (κ3) is 3.05. The van der Waals surface area contributed by atoms with E-state index in [1.165, 1.54) is 17.8 Å². The summed E-state index contributed by atoms with van der Waals surface area (Å²) < 4.78 is 0.520. The number of rotatable bonds is 4. The standard InChI is InChI=1S/C11H8BrN3O2S/c12-11-8(2-1-3-9(11)15(16)17)7-18-10-6-13-4-5-14-10/h1-6H,7H2. The number of benzene rings is 1. The van der Waals surface area contributed by atoms with E-state index in [9.17, 15) is 10.1 Å². The maximum atomic E-state index is 10.8. The van der Waals surface area contributed by atoms with Gasteiger partial charge in [-0.05, 0) is 21.5 Å². The highest BCUT2D eigenvalue weighted by Gasteiger charge is 2.14. The summed E-state index contributed by atoms with van der Waals surface area (Å²) in [6.07, 6.45) is 4.88. The first-order chi connectivity index (χ1) is 8.68. The van der Waals surface area contributed by atoms with Crippen LogP contribution in [0, 0.1) is 10.1 Å². The molecular formula is C11H8BrN3O2S. The molecule has 0 aliphatic heterocycles. The number of nitrogens with zero attached hydrogens (tertiary/aromatic N) is 3. The first kappa shape index (κ1) is 13.0. The number of nitro groups is 1. The quantitative estimate of drug-likeness (QED) is 0.489. The molecular weight excluding hydrogens is 318 g/mol. The van der Waals surface area contributed by atoms with Gasteiger partial charge < -0.3 is 0 Å². The molecule has 5 nitrogen and oxygen atoms in total.